The van der Waals surface area contributed by atoms with E-state index in [1.54, 1.807) is 25.1 Å². The summed E-state index contributed by atoms with van der Waals surface area (Å²) in [6, 6.07) is 12.5. The van der Waals surface area contributed by atoms with Crippen LogP contribution < -0.4 is 14.8 Å². The maximum atomic E-state index is 14.5. The minimum absolute atomic E-state index is 0.143. The Morgan fingerprint density at radius 3 is 2.70 bits per heavy atom. The number of carbonyl (C=O) groups excluding carboxylic acids is 1. The van der Waals surface area contributed by atoms with Gasteiger partial charge in [-0.3, -0.25) is 4.79 Å². The van der Waals surface area contributed by atoms with Gasteiger partial charge in [0.15, 0.2) is 11.5 Å². The summed E-state index contributed by atoms with van der Waals surface area (Å²) in [6.07, 6.45) is 4.12. The molecule has 5 rings (SSSR count). The molecule has 2 aromatic carbocycles. The molecule has 1 aliphatic carbocycles. The van der Waals surface area contributed by atoms with Crippen LogP contribution in [0, 0.1) is 0 Å². The van der Waals surface area contributed by atoms with Gasteiger partial charge in [0.2, 0.25) is 5.91 Å². The molecule has 0 spiro atoms. The first kappa shape index (κ1) is 19.1. The summed E-state index contributed by atoms with van der Waals surface area (Å²) < 4.78 is 25.8. The first-order valence-corrected chi connectivity index (χ1v) is 10.4. The van der Waals surface area contributed by atoms with Gasteiger partial charge in [-0.05, 0) is 64.8 Å². The molecular weight excluding hydrogens is 451 g/mol. The van der Waals surface area contributed by atoms with Gasteiger partial charge in [-0.2, -0.15) is 4.39 Å². The van der Waals surface area contributed by atoms with Crippen LogP contribution in [0.5, 0.6) is 11.5 Å². The third-order valence-corrected chi connectivity index (χ3v) is 6.08. The molecule has 0 radical (unpaired) electrons. The Bertz CT molecular complexity index is 1210. The smallest absolute Gasteiger partial charge is 0.419 e. The summed E-state index contributed by atoms with van der Waals surface area (Å²) in [7, 11) is 0. The lowest BCUT2D eigenvalue weighted by Gasteiger charge is -2.16. The predicted molar refractivity (Wildman–Crippen MR) is 115 cm³/mol. The molecule has 0 saturated heterocycles. The number of fused-ring (bicyclic) bond motifs is 2. The summed E-state index contributed by atoms with van der Waals surface area (Å²) in [4.78, 5) is 17.6. The first-order valence-electron chi connectivity index (χ1n) is 9.64. The number of pyridine rings is 1. The number of amides is 1. The van der Waals surface area contributed by atoms with Crippen LogP contribution in [0.4, 0.5) is 10.2 Å². The Balaban J connectivity index is 1.41. The molecule has 1 atom stereocenters. The number of halogens is 2. The SMILES string of the molecule is C/C=C/C1(F)Oc2ccc(C3(C(=O)Nc4cc5ccccc5c(Br)n4)CC3)cc2O1. The lowest BCUT2D eigenvalue weighted by Crippen LogP contribution is -2.30. The monoisotopic (exact) mass is 468 g/mol. The molecule has 152 valence electrons. The maximum Gasteiger partial charge on any atom is 0.430 e. The molecule has 1 saturated carbocycles. The van der Waals surface area contributed by atoms with Gasteiger partial charge in [-0.25, -0.2) is 4.98 Å². The number of anilines is 1. The lowest BCUT2D eigenvalue weighted by atomic mass is 9.94. The number of nitrogens with zero attached hydrogens (tertiary/aromatic N) is 1. The van der Waals surface area contributed by atoms with Crippen molar-refractivity contribution in [3.05, 3.63) is 70.8 Å². The van der Waals surface area contributed by atoms with Crippen LogP contribution in [-0.4, -0.2) is 16.9 Å². The van der Waals surface area contributed by atoms with E-state index >= 15 is 0 Å². The van der Waals surface area contributed by atoms with Crippen LogP contribution in [0.2, 0.25) is 0 Å². The maximum absolute atomic E-state index is 14.5. The number of aromatic nitrogens is 1. The topological polar surface area (TPSA) is 60.5 Å². The molecule has 7 heteroatoms. The molecule has 1 unspecified atom stereocenters. The first-order chi connectivity index (χ1) is 14.4. The van der Waals surface area contributed by atoms with Crippen LogP contribution in [0.1, 0.15) is 25.3 Å². The molecule has 30 heavy (non-hydrogen) atoms. The van der Waals surface area contributed by atoms with Gasteiger partial charge in [0, 0.05) is 11.5 Å². The zero-order valence-electron chi connectivity index (χ0n) is 16.1. The van der Waals surface area contributed by atoms with Gasteiger partial charge in [-0.15, -0.1) is 0 Å². The molecule has 1 amide bonds. The number of carbonyl (C=O) groups is 1. The van der Waals surface area contributed by atoms with Gasteiger partial charge < -0.3 is 14.8 Å². The highest BCUT2D eigenvalue weighted by atomic mass is 79.9. The second kappa shape index (κ2) is 6.80. The number of ether oxygens (including phenoxy) is 2. The van der Waals surface area contributed by atoms with Crippen molar-refractivity contribution in [1.82, 2.24) is 4.98 Å². The minimum atomic E-state index is -2.31. The van der Waals surface area contributed by atoms with Crippen molar-refractivity contribution < 1.29 is 18.7 Å². The Hall–Kier alpha value is -2.93. The van der Waals surface area contributed by atoms with E-state index in [1.807, 2.05) is 30.3 Å². The van der Waals surface area contributed by atoms with Crippen molar-refractivity contribution >= 4 is 38.4 Å². The average molecular weight is 469 g/mol. The van der Waals surface area contributed by atoms with E-state index in [1.165, 1.54) is 12.2 Å². The van der Waals surface area contributed by atoms with Crippen molar-refractivity contribution in [3.63, 3.8) is 0 Å². The molecule has 1 fully saturated rings. The van der Waals surface area contributed by atoms with Gasteiger partial charge in [0.25, 0.3) is 0 Å². The van der Waals surface area contributed by atoms with Crippen molar-refractivity contribution in [2.24, 2.45) is 0 Å². The molecule has 2 aliphatic rings. The molecule has 3 aromatic rings. The zero-order valence-corrected chi connectivity index (χ0v) is 17.7. The van der Waals surface area contributed by atoms with Gasteiger partial charge in [0.1, 0.15) is 10.4 Å². The number of alkyl halides is 1. The van der Waals surface area contributed by atoms with Crippen LogP contribution in [0.25, 0.3) is 10.8 Å². The summed E-state index contributed by atoms with van der Waals surface area (Å²) in [6.45, 7) is 1.69. The molecule has 5 nitrogen and oxygen atoms in total. The quantitative estimate of drug-likeness (QED) is 0.397. The summed E-state index contributed by atoms with van der Waals surface area (Å²) in [5.41, 5.74) is 0.0901. The van der Waals surface area contributed by atoms with E-state index in [4.69, 9.17) is 9.47 Å². The third kappa shape index (κ3) is 3.13. The van der Waals surface area contributed by atoms with Crippen LogP contribution >= 0.6 is 15.9 Å². The fourth-order valence-electron chi connectivity index (χ4n) is 3.79. The fraction of sp³-hybridized carbons (Fsp3) is 0.217. The molecule has 1 aromatic heterocycles. The van der Waals surface area contributed by atoms with E-state index in [2.05, 4.69) is 26.2 Å². The Morgan fingerprint density at radius 2 is 1.93 bits per heavy atom. The number of allylic oxidation sites excluding steroid dienone is 1. The van der Waals surface area contributed by atoms with E-state index in [0.29, 0.717) is 34.8 Å². The molecular formula is C23H18BrFN2O3. The highest BCUT2D eigenvalue weighted by Crippen LogP contribution is 2.52. The largest absolute Gasteiger partial charge is 0.430 e. The van der Waals surface area contributed by atoms with Crippen molar-refractivity contribution in [3.8, 4) is 11.5 Å². The van der Waals surface area contributed by atoms with E-state index in [0.717, 1.165) is 16.3 Å². The second-order valence-corrected chi connectivity index (χ2v) is 8.25. The van der Waals surface area contributed by atoms with Crippen molar-refractivity contribution in [2.45, 2.75) is 31.2 Å². The van der Waals surface area contributed by atoms with E-state index in [9.17, 15) is 9.18 Å². The van der Waals surface area contributed by atoms with Crippen molar-refractivity contribution in [2.75, 3.05) is 5.32 Å². The fourth-order valence-corrected chi connectivity index (χ4v) is 4.34. The Labute approximate surface area is 181 Å². The van der Waals surface area contributed by atoms with Crippen LogP contribution in [0.15, 0.2) is 65.3 Å². The van der Waals surface area contributed by atoms with Crippen molar-refractivity contribution in [1.29, 1.82) is 0 Å². The number of nitrogens with one attached hydrogen (secondary N) is 1. The number of hydrogen-bond donors (Lipinski definition) is 1. The second-order valence-electron chi connectivity index (χ2n) is 7.50. The van der Waals surface area contributed by atoms with E-state index < -0.39 is 11.5 Å². The Kier molecular flexibility index (Phi) is 4.32. The van der Waals surface area contributed by atoms with Crippen LogP contribution in [0.3, 0.4) is 0 Å². The third-order valence-electron chi connectivity index (χ3n) is 5.48. The average Bonchev–Trinajstić information content (AvgIpc) is 3.45. The molecule has 2 heterocycles. The molecule has 1 N–H and O–H groups in total. The Morgan fingerprint density at radius 1 is 1.17 bits per heavy atom. The zero-order chi connectivity index (χ0) is 20.9. The highest BCUT2D eigenvalue weighted by molar-refractivity contribution is 9.10. The predicted octanol–water partition coefficient (Wildman–Crippen LogP) is 5.64. The van der Waals surface area contributed by atoms with Crippen LogP contribution in [-0.2, 0) is 10.2 Å². The molecule has 0 bridgehead atoms. The highest BCUT2D eigenvalue weighted by Gasteiger charge is 2.52. The summed E-state index contributed by atoms with van der Waals surface area (Å²) in [5, 5.41) is 4.90. The van der Waals surface area contributed by atoms with Gasteiger partial charge in [-0.1, -0.05) is 36.4 Å². The summed E-state index contributed by atoms with van der Waals surface area (Å²) in [5.74, 6) is 0.943. The summed E-state index contributed by atoms with van der Waals surface area (Å²) >= 11 is 3.47. The van der Waals surface area contributed by atoms with Gasteiger partial charge in [0.05, 0.1) is 5.41 Å². The van der Waals surface area contributed by atoms with E-state index in [-0.39, 0.29) is 5.91 Å². The number of benzene rings is 2. The normalized spacial score (nSPS) is 21.2. The van der Waals surface area contributed by atoms with Gasteiger partial charge >= 0.3 is 6.04 Å². The minimum Gasteiger partial charge on any atom is -0.419 e. The number of rotatable bonds is 4. The molecule has 1 aliphatic heterocycles. The standard InChI is InChI=1S/C23H18BrFN2O3/c1-2-9-23(25)29-17-8-7-15(13-18(17)30-23)22(10-11-22)21(28)27-19-12-14-5-3-4-6-16(14)20(24)26-19/h2-9,12-13H,10-11H2,1H3,(H,26,27,28)/b9-2+. The number of hydrogen-bond acceptors (Lipinski definition) is 4. The lowest BCUT2D eigenvalue weighted by molar-refractivity contribution is -0.146.